The van der Waals surface area contributed by atoms with Crippen molar-refractivity contribution in [3.8, 4) is 6.07 Å². The molecule has 40 valence electrons. The highest BCUT2D eigenvalue weighted by Gasteiger charge is 2.32. The molecule has 0 heterocycles. The van der Waals surface area contributed by atoms with Crippen LogP contribution in [0.4, 0.5) is 0 Å². The molecular weight excluding hydrogens is 112 g/mol. The van der Waals surface area contributed by atoms with Gasteiger partial charge in [0.15, 0.2) is 0 Å². The van der Waals surface area contributed by atoms with Gasteiger partial charge in [0, 0.05) is 6.04 Å². The molecule has 0 aliphatic heterocycles. The molecule has 1 fully saturated rings. The third-order valence-electron chi connectivity index (χ3n) is 1.01. The Morgan fingerprint density at radius 1 is 1.71 bits per heavy atom. The van der Waals surface area contributed by atoms with Crippen molar-refractivity contribution in [2.75, 3.05) is 0 Å². The highest BCUT2D eigenvalue weighted by atomic mass is 35.5. The SMILES string of the molecule is Cl.N#CC1C[C@H]1N. The Bertz CT molecular complexity index is 96.4. The summed E-state index contributed by atoms with van der Waals surface area (Å²) in [7, 11) is 0. The number of nitrogens with two attached hydrogens (primary N) is 1. The maximum atomic E-state index is 8.05. The van der Waals surface area contributed by atoms with E-state index in [1.807, 2.05) is 0 Å². The summed E-state index contributed by atoms with van der Waals surface area (Å²) in [6.45, 7) is 0. The Hall–Kier alpha value is -0.260. The minimum absolute atomic E-state index is 0. The van der Waals surface area contributed by atoms with Gasteiger partial charge < -0.3 is 5.73 Å². The lowest BCUT2D eigenvalue weighted by Crippen LogP contribution is -1.99. The lowest BCUT2D eigenvalue weighted by Gasteiger charge is -1.67. The van der Waals surface area contributed by atoms with E-state index in [0.717, 1.165) is 6.42 Å². The maximum absolute atomic E-state index is 8.05. The summed E-state index contributed by atoms with van der Waals surface area (Å²) in [5, 5.41) is 8.05. The Kier molecular flexibility index (Phi) is 2.07. The van der Waals surface area contributed by atoms with Crippen molar-refractivity contribution >= 4 is 12.4 Å². The molecule has 7 heavy (non-hydrogen) atoms. The summed E-state index contributed by atoms with van der Waals surface area (Å²) in [5.41, 5.74) is 5.25. The van der Waals surface area contributed by atoms with E-state index in [1.54, 1.807) is 0 Å². The van der Waals surface area contributed by atoms with Crippen molar-refractivity contribution in [1.82, 2.24) is 0 Å². The molecule has 1 unspecified atom stereocenters. The molecule has 2 nitrogen and oxygen atoms in total. The molecule has 0 aromatic rings. The minimum atomic E-state index is 0. The minimum Gasteiger partial charge on any atom is -0.326 e. The number of hydrogen-bond donors (Lipinski definition) is 1. The van der Waals surface area contributed by atoms with Gasteiger partial charge in [0.25, 0.3) is 0 Å². The zero-order valence-corrected chi connectivity index (χ0v) is 4.61. The average Bonchev–Trinajstić information content (AvgIpc) is 2.19. The standard InChI is InChI=1S/C4H6N2.ClH/c5-2-3-1-4(3)6;/h3-4H,1,6H2;1H/t3?,4-;/m1./s1. The Labute approximate surface area is 48.7 Å². The number of nitriles is 1. The van der Waals surface area contributed by atoms with Gasteiger partial charge in [0.2, 0.25) is 0 Å². The molecule has 0 spiro atoms. The van der Waals surface area contributed by atoms with Crippen LogP contribution in [0.2, 0.25) is 0 Å². The second kappa shape index (κ2) is 2.15. The summed E-state index contributed by atoms with van der Waals surface area (Å²) in [4.78, 5) is 0. The molecule has 3 heteroatoms. The Morgan fingerprint density at radius 2 is 2.14 bits per heavy atom. The van der Waals surface area contributed by atoms with Crippen molar-refractivity contribution < 1.29 is 0 Å². The van der Waals surface area contributed by atoms with E-state index in [4.69, 9.17) is 11.0 Å². The van der Waals surface area contributed by atoms with Gasteiger partial charge in [-0.15, -0.1) is 12.4 Å². The van der Waals surface area contributed by atoms with E-state index < -0.39 is 0 Å². The van der Waals surface area contributed by atoms with E-state index in [1.165, 1.54) is 0 Å². The van der Waals surface area contributed by atoms with Crippen molar-refractivity contribution in [3.05, 3.63) is 0 Å². The van der Waals surface area contributed by atoms with Crippen LogP contribution >= 0.6 is 12.4 Å². The van der Waals surface area contributed by atoms with E-state index in [0.29, 0.717) is 0 Å². The van der Waals surface area contributed by atoms with Crippen LogP contribution in [0.15, 0.2) is 0 Å². The van der Waals surface area contributed by atoms with Crippen LogP contribution in [0.5, 0.6) is 0 Å². The predicted molar refractivity (Wildman–Crippen MR) is 28.9 cm³/mol. The van der Waals surface area contributed by atoms with Gasteiger partial charge in [-0.05, 0) is 6.42 Å². The molecule has 0 radical (unpaired) electrons. The second-order valence-corrected chi connectivity index (χ2v) is 1.64. The summed E-state index contributed by atoms with van der Waals surface area (Å²) in [5.74, 6) is 0.185. The largest absolute Gasteiger partial charge is 0.326 e. The van der Waals surface area contributed by atoms with Gasteiger partial charge in [-0.2, -0.15) is 5.26 Å². The van der Waals surface area contributed by atoms with Crippen LogP contribution in [0, 0.1) is 17.2 Å². The van der Waals surface area contributed by atoms with E-state index in [-0.39, 0.29) is 24.4 Å². The quantitative estimate of drug-likeness (QED) is 0.497. The van der Waals surface area contributed by atoms with Crippen LogP contribution in [-0.2, 0) is 0 Å². The lowest BCUT2D eigenvalue weighted by molar-refractivity contribution is 0.985. The van der Waals surface area contributed by atoms with Gasteiger partial charge in [0.1, 0.15) is 0 Å². The summed E-state index contributed by atoms with van der Waals surface area (Å²) in [6, 6.07) is 2.27. The molecule has 1 rings (SSSR count). The first-order valence-corrected chi connectivity index (χ1v) is 2.00. The molecule has 0 amide bonds. The molecule has 0 bridgehead atoms. The molecule has 1 saturated carbocycles. The molecule has 1 aliphatic rings. The van der Waals surface area contributed by atoms with Gasteiger partial charge in [-0.3, -0.25) is 0 Å². The van der Waals surface area contributed by atoms with Crippen molar-refractivity contribution in [1.29, 1.82) is 5.26 Å². The first-order chi connectivity index (χ1) is 2.84. The van der Waals surface area contributed by atoms with Crippen LogP contribution in [0.3, 0.4) is 0 Å². The average molecular weight is 119 g/mol. The molecule has 1 aliphatic carbocycles. The highest BCUT2D eigenvalue weighted by Crippen LogP contribution is 2.25. The summed E-state index contributed by atoms with van der Waals surface area (Å²) in [6.07, 6.45) is 0.913. The van der Waals surface area contributed by atoms with Gasteiger partial charge in [-0.1, -0.05) is 0 Å². The third-order valence-corrected chi connectivity index (χ3v) is 1.01. The lowest BCUT2D eigenvalue weighted by atomic mass is 10.5. The Balaban J connectivity index is 0.000000360. The molecule has 2 N–H and O–H groups in total. The zero-order chi connectivity index (χ0) is 4.57. The molecule has 2 atom stereocenters. The molecule has 0 aromatic carbocycles. The van der Waals surface area contributed by atoms with Gasteiger partial charge >= 0.3 is 0 Å². The normalized spacial score (nSPS) is 35.4. The monoisotopic (exact) mass is 118 g/mol. The van der Waals surface area contributed by atoms with Crippen molar-refractivity contribution in [2.45, 2.75) is 12.5 Å². The Morgan fingerprint density at radius 3 is 2.14 bits per heavy atom. The van der Waals surface area contributed by atoms with Gasteiger partial charge in [-0.25, -0.2) is 0 Å². The maximum Gasteiger partial charge on any atom is 0.0672 e. The topological polar surface area (TPSA) is 49.8 Å². The van der Waals surface area contributed by atoms with Crippen LogP contribution in [-0.4, -0.2) is 6.04 Å². The fraction of sp³-hybridized carbons (Fsp3) is 0.750. The van der Waals surface area contributed by atoms with E-state index in [2.05, 4.69) is 6.07 Å². The zero-order valence-electron chi connectivity index (χ0n) is 3.79. The number of hydrogen-bond acceptors (Lipinski definition) is 2. The summed E-state index contributed by atoms with van der Waals surface area (Å²) < 4.78 is 0. The summed E-state index contributed by atoms with van der Waals surface area (Å²) >= 11 is 0. The van der Waals surface area contributed by atoms with Crippen molar-refractivity contribution in [3.63, 3.8) is 0 Å². The van der Waals surface area contributed by atoms with Crippen LogP contribution in [0.1, 0.15) is 6.42 Å². The third kappa shape index (κ3) is 1.34. The highest BCUT2D eigenvalue weighted by molar-refractivity contribution is 5.85. The number of halogens is 1. The van der Waals surface area contributed by atoms with E-state index in [9.17, 15) is 0 Å². The predicted octanol–water partition coefficient (Wildman–Crippen LogP) is 0.279. The van der Waals surface area contributed by atoms with Crippen molar-refractivity contribution in [2.24, 2.45) is 11.7 Å². The van der Waals surface area contributed by atoms with Crippen LogP contribution in [0.25, 0.3) is 0 Å². The smallest absolute Gasteiger partial charge is 0.0672 e. The second-order valence-electron chi connectivity index (χ2n) is 1.64. The fourth-order valence-electron chi connectivity index (χ4n) is 0.363. The number of rotatable bonds is 0. The van der Waals surface area contributed by atoms with Crippen LogP contribution < -0.4 is 5.73 Å². The van der Waals surface area contributed by atoms with Gasteiger partial charge in [0.05, 0.1) is 12.0 Å². The first kappa shape index (κ1) is 6.74. The number of nitrogens with zero attached hydrogens (tertiary/aromatic N) is 1. The molecule has 0 aromatic heterocycles. The fourth-order valence-corrected chi connectivity index (χ4v) is 0.363. The van der Waals surface area contributed by atoms with E-state index >= 15 is 0 Å². The first-order valence-electron chi connectivity index (χ1n) is 2.00. The molecule has 0 saturated heterocycles. The molecular formula is C4H7ClN2.